The fourth-order valence-electron chi connectivity index (χ4n) is 2.30. The van der Waals surface area contributed by atoms with E-state index in [9.17, 15) is 0 Å². The molecule has 0 nitrogen and oxygen atoms in total. The van der Waals surface area contributed by atoms with Crippen molar-refractivity contribution in [3.8, 4) is 0 Å². The van der Waals surface area contributed by atoms with Crippen molar-refractivity contribution >= 4 is 38.9 Å². The molecule has 0 aliphatic heterocycles. The van der Waals surface area contributed by atoms with Gasteiger partial charge in [0, 0.05) is 4.88 Å². The molecule has 14 heavy (non-hydrogen) atoms. The number of hydrogen-bond donors (Lipinski definition) is 0. The minimum Gasteiger partial charge on any atom is -0.132 e. The van der Waals surface area contributed by atoms with Crippen molar-refractivity contribution in [1.82, 2.24) is 0 Å². The van der Waals surface area contributed by atoms with Crippen LogP contribution in [0.5, 0.6) is 0 Å². The highest BCUT2D eigenvalue weighted by Gasteiger charge is 2.31. The maximum Gasteiger partial charge on any atom is 0.0709 e. The fraction of sp³-hybridized carbons (Fsp3) is 0.636. The summed E-state index contributed by atoms with van der Waals surface area (Å²) in [4.78, 5) is 1.32. The first kappa shape index (κ1) is 11.0. The molecule has 0 aromatic carbocycles. The van der Waals surface area contributed by atoms with Crippen LogP contribution in [-0.2, 0) is 0 Å². The molecule has 2 rings (SSSR count). The van der Waals surface area contributed by atoms with Crippen molar-refractivity contribution in [2.75, 3.05) is 0 Å². The zero-order chi connectivity index (χ0) is 10.1. The minimum atomic E-state index is 0.226. The van der Waals surface area contributed by atoms with Crippen LogP contribution < -0.4 is 0 Å². The van der Waals surface area contributed by atoms with Gasteiger partial charge in [-0.2, -0.15) is 0 Å². The van der Waals surface area contributed by atoms with Crippen LogP contribution in [0, 0.1) is 11.8 Å². The Kier molecular flexibility index (Phi) is 3.56. The van der Waals surface area contributed by atoms with Gasteiger partial charge in [0.05, 0.1) is 9.16 Å². The Labute approximate surface area is 103 Å². The summed E-state index contributed by atoms with van der Waals surface area (Å²) in [7, 11) is 0. The number of alkyl halides is 1. The first-order valence-electron chi connectivity index (χ1n) is 5.08. The Balaban J connectivity index is 2.11. The average Bonchev–Trinajstić information content (AvgIpc) is 2.73. The molecule has 1 aliphatic carbocycles. The minimum absolute atomic E-state index is 0.226. The molecular weight excluding hydrogens is 280 g/mol. The van der Waals surface area contributed by atoms with Crippen molar-refractivity contribution in [2.24, 2.45) is 11.8 Å². The molecule has 0 saturated heterocycles. The number of hydrogen-bond acceptors (Lipinski definition) is 1. The molecule has 1 aliphatic rings. The van der Waals surface area contributed by atoms with E-state index in [4.69, 9.17) is 11.6 Å². The van der Waals surface area contributed by atoms with Gasteiger partial charge >= 0.3 is 0 Å². The normalized spacial score (nSPS) is 29.4. The standard InChI is InChI=1S/C11H14BrClS/c1-7-3-2-4-8(7)11(13)9-5-6-10(12)14-9/h5-8,11H,2-4H2,1H3. The van der Waals surface area contributed by atoms with E-state index in [2.05, 4.69) is 35.0 Å². The SMILES string of the molecule is CC1CCCC1C(Cl)c1ccc(Br)s1. The Morgan fingerprint density at radius 2 is 2.29 bits per heavy atom. The van der Waals surface area contributed by atoms with Crippen molar-refractivity contribution in [1.29, 1.82) is 0 Å². The summed E-state index contributed by atoms with van der Waals surface area (Å²) in [5.74, 6) is 1.47. The number of rotatable bonds is 2. The molecule has 1 aromatic rings. The van der Waals surface area contributed by atoms with Gasteiger partial charge in [-0.3, -0.25) is 0 Å². The molecule has 1 aromatic heterocycles. The molecule has 1 saturated carbocycles. The predicted octanol–water partition coefficient (Wildman–Crippen LogP) is 5.23. The molecule has 3 heteroatoms. The average molecular weight is 294 g/mol. The van der Waals surface area contributed by atoms with Crippen LogP contribution in [0.15, 0.2) is 15.9 Å². The Morgan fingerprint density at radius 3 is 2.79 bits per heavy atom. The summed E-state index contributed by atoms with van der Waals surface area (Å²) in [5, 5.41) is 0.226. The van der Waals surface area contributed by atoms with Crippen LogP contribution >= 0.6 is 38.9 Å². The van der Waals surface area contributed by atoms with E-state index in [0.717, 1.165) is 5.92 Å². The zero-order valence-electron chi connectivity index (χ0n) is 8.17. The maximum absolute atomic E-state index is 6.51. The third-order valence-electron chi connectivity index (χ3n) is 3.17. The van der Waals surface area contributed by atoms with Gasteiger partial charge in [-0.15, -0.1) is 22.9 Å². The van der Waals surface area contributed by atoms with E-state index in [-0.39, 0.29) is 5.38 Å². The van der Waals surface area contributed by atoms with Crippen LogP contribution in [0.3, 0.4) is 0 Å². The topological polar surface area (TPSA) is 0 Å². The van der Waals surface area contributed by atoms with E-state index in [1.807, 2.05) is 0 Å². The predicted molar refractivity (Wildman–Crippen MR) is 67.1 cm³/mol. The lowest BCUT2D eigenvalue weighted by Gasteiger charge is -2.20. The van der Waals surface area contributed by atoms with Crippen molar-refractivity contribution in [3.63, 3.8) is 0 Å². The quantitative estimate of drug-likeness (QED) is 0.655. The molecule has 0 amide bonds. The van der Waals surface area contributed by atoms with Gasteiger partial charge in [-0.25, -0.2) is 0 Å². The van der Waals surface area contributed by atoms with E-state index in [1.54, 1.807) is 11.3 Å². The van der Waals surface area contributed by atoms with Crippen LogP contribution in [0.2, 0.25) is 0 Å². The Bertz CT molecular complexity index is 310. The smallest absolute Gasteiger partial charge is 0.0709 e. The zero-order valence-corrected chi connectivity index (χ0v) is 11.3. The van der Waals surface area contributed by atoms with Gasteiger partial charge < -0.3 is 0 Å². The number of halogens is 2. The molecule has 0 radical (unpaired) electrons. The molecule has 3 atom stereocenters. The molecular formula is C11H14BrClS. The number of thiophene rings is 1. The highest BCUT2D eigenvalue weighted by Crippen LogP contribution is 2.45. The Hall–Kier alpha value is 0.470. The van der Waals surface area contributed by atoms with Crippen LogP contribution in [0.4, 0.5) is 0 Å². The van der Waals surface area contributed by atoms with Gasteiger partial charge in [0.1, 0.15) is 0 Å². The largest absolute Gasteiger partial charge is 0.132 e. The Morgan fingerprint density at radius 1 is 1.50 bits per heavy atom. The highest BCUT2D eigenvalue weighted by molar-refractivity contribution is 9.11. The molecule has 1 heterocycles. The lowest BCUT2D eigenvalue weighted by atomic mass is 9.93. The summed E-state index contributed by atoms with van der Waals surface area (Å²) < 4.78 is 1.18. The highest BCUT2D eigenvalue weighted by atomic mass is 79.9. The second kappa shape index (κ2) is 4.54. The molecule has 0 N–H and O–H groups in total. The van der Waals surface area contributed by atoms with Gasteiger partial charge in [0.2, 0.25) is 0 Å². The monoisotopic (exact) mass is 292 g/mol. The molecule has 0 spiro atoms. The lowest BCUT2D eigenvalue weighted by Crippen LogP contribution is -2.09. The van der Waals surface area contributed by atoms with Gasteiger partial charge in [-0.1, -0.05) is 19.8 Å². The maximum atomic E-state index is 6.51. The molecule has 78 valence electrons. The first-order valence-corrected chi connectivity index (χ1v) is 7.12. The van der Waals surface area contributed by atoms with E-state index >= 15 is 0 Å². The third-order valence-corrected chi connectivity index (χ3v) is 5.56. The second-order valence-corrected chi connectivity index (χ2v) is 7.08. The fourth-order valence-corrected chi connectivity index (χ4v) is 4.35. The van der Waals surface area contributed by atoms with Crippen LogP contribution in [-0.4, -0.2) is 0 Å². The van der Waals surface area contributed by atoms with Crippen molar-refractivity contribution < 1.29 is 0 Å². The van der Waals surface area contributed by atoms with E-state index in [1.165, 1.54) is 27.9 Å². The summed E-state index contributed by atoms with van der Waals surface area (Å²) >= 11 is 11.8. The van der Waals surface area contributed by atoms with E-state index in [0.29, 0.717) is 5.92 Å². The van der Waals surface area contributed by atoms with E-state index < -0.39 is 0 Å². The van der Waals surface area contributed by atoms with Gasteiger partial charge in [0.25, 0.3) is 0 Å². The van der Waals surface area contributed by atoms with Gasteiger partial charge in [-0.05, 0) is 46.3 Å². The summed E-state index contributed by atoms with van der Waals surface area (Å²) in [5.41, 5.74) is 0. The third kappa shape index (κ3) is 2.17. The molecule has 0 bridgehead atoms. The summed E-state index contributed by atoms with van der Waals surface area (Å²) in [6.45, 7) is 2.33. The first-order chi connectivity index (χ1) is 6.68. The summed E-state index contributed by atoms with van der Waals surface area (Å²) in [6.07, 6.45) is 3.99. The van der Waals surface area contributed by atoms with Crippen LogP contribution in [0.1, 0.15) is 36.4 Å². The summed E-state index contributed by atoms with van der Waals surface area (Å²) in [6, 6.07) is 4.24. The lowest BCUT2D eigenvalue weighted by molar-refractivity contribution is 0.408. The van der Waals surface area contributed by atoms with Crippen LogP contribution in [0.25, 0.3) is 0 Å². The van der Waals surface area contributed by atoms with Gasteiger partial charge in [0.15, 0.2) is 0 Å². The van der Waals surface area contributed by atoms with Crippen molar-refractivity contribution in [2.45, 2.75) is 31.6 Å². The molecule has 1 fully saturated rings. The second-order valence-electron chi connectivity index (χ2n) is 4.12. The van der Waals surface area contributed by atoms with Crippen molar-refractivity contribution in [3.05, 3.63) is 20.8 Å². The molecule has 3 unspecified atom stereocenters.